The second-order valence-corrected chi connectivity index (χ2v) is 9.20. The van der Waals surface area contributed by atoms with Crippen LogP contribution in [0, 0.1) is 11.3 Å². The van der Waals surface area contributed by atoms with Gasteiger partial charge in [-0.2, -0.15) is 10.4 Å². The highest BCUT2D eigenvalue weighted by atomic mass is 35.5. The second-order valence-electron chi connectivity index (χ2n) is 8.81. The van der Waals surface area contributed by atoms with Crippen molar-refractivity contribution in [2.24, 2.45) is 0 Å². The van der Waals surface area contributed by atoms with E-state index in [0.717, 1.165) is 12.2 Å². The van der Waals surface area contributed by atoms with Gasteiger partial charge in [0.1, 0.15) is 51.0 Å². The summed E-state index contributed by atoms with van der Waals surface area (Å²) < 4.78 is 29.9. The van der Waals surface area contributed by atoms with Crippen LogP contribution >= 0.6 is 11.6 Å². The normalized spacial score (nSPS) is 21.6. The lowest BCUT2D eigenvalue weighted by molar-refractivity contribution is -0.141. The number of nitriles is 1. The van der Waals surface area contributed by atoms with Crippen molar-refractivity contribution in [3.05, 3.63) is 64.7 Å². The van der Waals surface area contributed by atoms with Crippen LogP contribution in [0.15, 0.2) is 54.0 Å². The van der Waals surface area contributed by atoms with Crippen molar-refractivity contribution in [2.75, 3.05) is 18.0 Å². The Morgan fingerprint density at radius 3 is 2.69 bits per heavy atom. The molecule has 3 aromatic rings. The third-order valence-corrected chi connectivity index (χ3v) is 6.95. The zero-order valence-corrected chi connectivity index (χ0v) is 19.1. The van der Waals surface area contributed by atoms with Gasteiger partial charge in [0, 0.05) is 31.3 Å². The highest BCUT2D eigenvalue weighted by molar-refractivity contribution is 6.29. The van der Waals surface area contributed by atoms with Gasteiger partial charge in [0.15, 0.2) is 0 Å². The molecule has 176 valence electrons. The standard InChI is InChI=1S/C24H18ClF2N7O/c25-19-12-33-23(14(7-28)9-30-33)22(31-19)13-4-5-20(29-8-13)32-10-15-6-16(11-32)34(15)24(35)21-17(26)2-1-3-18(21)27/h2,4-5,8-9,12,15-16H,1,3,6,10-11H2. The summed E-state index contributed by atoms with van der Waals surface area (Å²) in [6.45, 7) is 1.05. The minimum Gasteiger partial charge on any atom is -0.352 e. The molecule has 4 aliphatic rings. The fourth-order valence-corrected chi connectivity index (χ4v) is 5.32. The molecule has 1 aliphatic carbocycles. The van der Waals surface area contributed by atoms with Gasteiger partial charge in [0.25, 0.3) is 5.91 Å². The van der Waals surface area contributed by atoms with Crippen molar-refractivity contribution in [1.29, 1.82) is 5.26 Å². The Hall–Kier alpha value is -3.84. The Morgan fingerprint density at radius 1 is 1.20 bits per heavy atom. The molecule has 7 rings (SSSR count). The van der Waals surface area contributed by atoms with E-state index < -0.39 is 23.1 Å². The summed E-state index contributed by atoms with van der Waals surface area (Å²) in [7, 11) is 0. The SMILES string of the molecule is N#Cc1cnn2cc(Cl)nc(-c3ccc(N4CC5CC(C4)N5C(=O)C4=C(F)CCC=C4F)nc3)c12. The molecule has 0 aromatic carbocycles. The predicted octanol–water partition coefficient (Wildman–Crippen LogP) is 3.98. The average molecular weight is 494 g/mol. The third-order valence-electron chi connectivity index (χ3n) is 6.77. The molecule has 3 fully saturated rings. The Labute approximate surface area is 203 Å². The number of hydrogen-bond acceptors (Lipinski definition) is 6. The van der Waals surface area contributed by atoms with Crippen LogP contribution in [0.4, 0.5) is 14.6 Å². The number of piperazine rings is 1. The van der Waals surface area contributed by atoms with E-state index in [1.54, 1.807) is 11.1 Å². The lowest BCUT2D eigenvalue weighted by Crippen LogP contribution is -2.70. The van der Waals surface area contributed by atoms with Crippen molar-refractivity contribution in [1.82, 2.24) is 24.5 Å². The molecule has 3 aromatic heterocycles. The Balaban J connectivity index is 1.22. The van der Waals surface area contributed by atoms with Crippen LogP contribution in [0.3, 0.4) is 0 Å². The molecule has 0 spiro atoms. The number of carbonyl (C=O) groups excluding carboxylic acids is 1. The molecule has 35 heavy (non-hydrogen) atoms. The van der Waals surface area contributed by atoms with E-state index in [9.17, 15) is 18.8 Å². The molecule has 2 bridgehead atoms. The topological polar surface area (TPSA) is 90.4 Å². The highest BCUT2D eigenvalue weighted by Gasteiger charge is 2.49. The number of allylic oxidation sites excluding steroid dienone is 2. The zero-order valence-electron chi connectivity index (χ0n) is 18.3. The number of halogens is 3. The molecule has 1 amide bonds. The molecule has 8 nitrogen and oxygen atoms in total. The number of rotatable bonds is 3. The first-order valence-corrected chi connectivity index (χ1v) is 11.5. The minimum absolute atomic E-state index is 0.0585. The third kappa shape index (κ3) is 3.46. The number of aromatic nitrogens is 4. The Kier molecular flexibility index (Phi) is 5.04. The van der Waals surface area contributed by atoms with Crippen molar-refractivity contribution < 1.29 is 13.6 Å². The van der Waals surface area contributed by atoms with Crippen molar-refractivity contribution in [3.8, 4) is 17.3 Å². The molecule has 2 unspecified atom stereocenters. The number of anilines is 1. The number of hydrogen-bond donors (Lipinski definition) is 0. The van der Waals surface area contributed by atoms with Gasteiger partial charge in [0.05, 0.1) is 24.5 Å². The van der Waals surface area contributed by atoms with Crippen LogP contribution in [0.2, 0.25) is 5.15 Å². The molecule has 2 atom stereocenters. The van der Waals surface area contributed by atoms with Gasteiger partial charge < -0.3 is 9.80 Å². The minimum atomic E-state index is -0.765. The quantitative estimate of drug-likeness (QED) is 0.548. The summed E-state index contributed by atoms with van der Waals surface area (Å²) in [5, 5.41) is 13.8. The molecule has 0 saturated carbocycles. The predicted molar refractivity (Wildman–Crippen MR) is 124 cm³/mol. The Bertz CT molecular complexity index is 1460. The van der Waals surface area contributed by atoms with Gasteiger partial charge in [0.2, 0.25) is 0 Å². The Morgan fingerprint density at radius 2 is 2.00 bits per heavy atom. The smallest absolute Gasteiger partial charge is 0.260 e. The summed E-state index contributed by atoms with van der Waals surface area (Å²) in [5.41, 5.74) is 1.69. The van der Waals surface area contributed by atoms with Gasteiger partial charge in [-0.25, -0.2) is 23.3 Å². The maximum Gasteiger partial charge on any atom is 0.260 e. The first kappa shape index (κ1) is 21.7. The monoisotopic (exact) mass is 493 g/mol. The second kappa shape index (κ2) is 8.13. The molecular formula is C24H18ClF2N7O. The number of pyridine rings is 1. The molecule has 0 radical (unpaired) electrons. The largest absolute Gasteiger partial charge is 0.352 e. The maximum atomic E-state index is 14.2. The first-order valence-electron chi connectivity index (χ1n) is 11.2. The molecule has 6 heterocycles. The van der Waals surface area contributed by atoms with Crippen molar-refractivity contribution in [3.63, 3.8) is 0 Å². The van der Waals surface area contributed by atoms with Crippen molar-refractivity contribution >= 4 is 28.8 Å². The average Bonchev–Trinajstić information content (AvgIpc) is 3.26. The van der Waals surface area contributed by atoms with Crippen LogP contribution in [-0.2, 0) is 4.79 Å². The highest BCUT2D eigenvalue weighted by Crippen LogP contribution is 2.38. The first-order chi connectivity index (χ1) is 16.9. The molecule has 3 aliphatic heterocycles. The van der Waals surface area contributed by atoms with E-state index in [0.29, 0.717) is 35.4 Å². The van der Waals surface area contributed by atoms with E-state index in [1.807, 2.05) is 12.1 Å². The fourth-order valence-electron chi connectivity index (χ4n) is 5.14. The van der Waals surface area contributed by atoms with Crippen molar-refractivity contribution in [2.45, 2.75) is 31.3 Å². The van der Waals surface area contributed by atoms with Gasteiger partial charge in [-0.15, -0.1) is 0 Å². The van der Waals surface area contributed by atoms with E-state index in [-0.39, 0.29) is 30.1 Å². The van der Waals surface area contributed by atoms with Crippen LogP contribution in [0.1, 0.15) is 24.8 Å². The van der Waals surface area contributed by atoms with Crippen LogP contribution in [0.5, 0.6) is 0 Å². The summed E-state index contributed by atoms with van der Waals surface area (Å²) in [6, 6.07) is 5.55. The summed E-state index contributed by atoms with van der Waals surface area (Å²) in [4.78, 5) is 25.5. The van der Waals surface area contributed by atoms with Gasteiger partial charge in [-0.3, -0.25) is 4.79 Å². The lowest BCUT2D eigenvalue weighted by atomic mass is 9.85. The van der Waals surface area contributed by atoms with Gasteiger partial charge in [-0.05, 0) is 31.1 Å². The molecular weight excluding hydrogens is 476 g/mol. The lowest BCUT2D eigenvalue weighted by Gasteiger charge is -2.56. The zero-order chi connectivity index (χ0) is 24.3. The number of nitrogens with zero attached hydrogens (tertiary/aromatic N) is 7. The van der Waals surface area contributed by atoms with Gasteiger partial charge >= 0.3 is 0 Å². The number of piperidine rings is 1. The molecule has 3 saturated heterocycles. The van der Waals surface area contributed by atoms with Crippen LogP contribution in [0.25, 0.3) is 16.8 Å². The summed E-state index contributed by atoms with van der Waals surface area (Å²) in [5.74, 6) is -1.28. The summed E-state index contributed by atoms with van der Waals surface area (Å²) >= 11 is 6.14. The fraction of sp³-hybridized carbons (Fsp3) is 0.292. The van der Waals surface area contributed by atoms with Crippen LogP contribution < -0.4 is 4.90 Å². The van der Waals surface area contributed by atoms with E-state index in [4.69, 9.17) is 11.6 Å². The maximum absolute atomic E-state index is 14.2. The summed E-state index contributed by atoms with van der Waals surface area (Å²) in [6.07, 6.45) is 7.05. The van der Waals surface area contributed by atoms with Crippen LogP contribution in [-0.4, -0.2) is 55.6 Å². The molecule has 11 heteroatoms. The van der Waals surface area contributed by atoms with Gasteiger partial charge in [-0.1, -0.05) is 11.6 Å². The molecule has 0 N–H and O–H groups in total. The number of amides is 1. The van der Waals surface area contributed by atoms with E-state index in [2.05, 4.69) is 26.0 Å². The van der Waals surface area contributed by atoms with E-state index in [1.165, 1.54) is 23.0 Å². The number of carbonyl (C=O) groups is 1. The van der Waals surface area contributed by atoms with E-state index >= 15 is 0 Å². The number of fused-ring (bicyclic) bond motifs is 3.